The molecular formula is C57H71N3O6. The fraction of sp³-hybridized carbons (Fsp3) is 0.579. The molecule has 5 fully saturated rings. The van der Waals surface area contributed by atoms with E-state index in [9.17, 15) is 24.9 Å². The molecule has 0 aromatic heterocycles. The average molecular weight is 894 g/mol. The zero-order valence-corrected chi connectivity index (χ0v) is 38.9. The highest BCUT2D eigenvalue weighted by molar-refractivity contribution is 5.89. The number of ether oxygens (including phenoxy) is 1. The maximum atomic E-state index is 14.6. The molecule has 10 rings (SSSR count). The standard InChI is InChI=1S/C57H71N3O6/c1-66-52-29-41-13-18-53(64)56(25-20-39(30-54(56)65)38-12-16-45-46-17-15-44(62)33-50(46)60-57(49(45)28-38)22-5-2-6-23-57)24-19-36(48(41)34-51(52)63)11-14-43(61)32-47(42-21-26-59-55(58)31-42)40-10-9-35-7-3-4-8-37(35)27-40/h3-4,7-10,21,27,29,31,34,36,38-39,43,45-47,49-50,54,59-61,63,65H,2,5-6,11-18,20,22-23,25-26,28,30,32-33,58H2,1H3/t36-,38-,39-,43-,45+,46+,47-,49+,50-,54+,56+/m0/s1. The number of rotatable bonds is 9. The number of hydrogen-bond donors (Lipinski definition) is 6. The fourth-order valence-corrected chi connectivity index (χ4v) is 14.6. The third kappa shape index (κ3) is 8.72. The number of aliphatic hydroxyl groups is 2. The Hall–Kier alpha value is -4.62. The molecule has 7 aliphatic rings. The Balaban J connectivity index is 0.889. The molecule has 1 saturated heterocycles. The van der Waals surface area contributed by atoms with Crippen LogP contribution in [0.3, 0.4) is 0 Å². The summed E-state index contributed by atoms with van der Waals surface area (Å²) >= 11 is 0. The Bertz CT molecular complexity index is 2440. The lowest BCUT2D eigenvalue weighted by Crippen LogP contribution is -2.68. The van der Waals surface area contributed by atoms with Gasteiger partial charge in [0.2, 0.25) is 0 Å². The number of aromatic hydroxyl groups is 1. The Morgan fingerprint density at radius 3 is 2.53 bits per heavy atom. The number of benzene rings is 3. The molecule has 3 aromatic carbocycles. The Kier molecular flexibility index (Phi) is 12.9. The van der Waals surface area contributed by atoms with E-state index in [0.29, 0.717) is 104 Å². The minimum Gasteiger partial charge on any atom is -0.504 e. The van der Waals surface area contributed by atoms with Gasteiger partial charge in [0.15, 0.2) is 17.3 Å². The predicted molar refractivity (Wildman–Crippen MR) is 259 cm³/mol. The number of fused-ring (bicyclic) bond motifs is 6. The van der Waals surface area contributed by atoms with Crippen LogP contribution in [0.4, 0.5) is 0 Å². The van der Waals surface area contributed by atoms with Crippen LogP contribution >= 0.6 is 0 Å². The Morgan fingerprint density at radius 2 is 1.73 bits per heavy atom. The first-order valence-corrected chi connectivity index (χ1v) is 25.5. The summed E-state index contributed by atoms with van der Waals surface area (Å²) in [7, 11) is 1.53. The van der Waals surface area contributed by atoms with Crippen molar-refractivity contribution in [3.8, 4) is 23.3 Å². The molecule has 2 spiro atoms. The van der Waals surface area contributed by atoms with Crippen molar-refractivity contribution < 1.29 is 29.6 Å². The molecule has 0 bridgehead atoms. The van der Waals surface area contributed by atoms with Gasteiger partial charge >= 0.3 is 0 Å². The van der Waals surface area contributed by atoms with Gasteiger partial charge in [-0.1, -0.05) is 79.6 Å². The molecule has 3 aromatic rings. The molecule has 9 heteroatoms. The van der Waals surface area contributed by atoms with Crippen molar-refractivity contribution in [3.05, 3.63) is 94.8 Å². The molecule has 350 valence electrons. The van der Waals surface area contributed by atoms with Gasteiger partial charge in [0, 0.05) is 49.2 Å². The highest BCUT2D eigenvalue weighted by atomic mass is 16.5. The summed E-state index contributed by atoms with van der Waals surface area (Å²) in [6.45, 7) is 0.622. The normalized spacial score (nSPS) is 32.7. The van der Waals surface area contributed by atoms with Crippen molar-refractivity contribution in [1.82, 2.24) is 10.6 Å². The van der Waals surface area contributed by atoms with Crippen molar-refractivity contribution in [2.24, 2.45) is 40.7 Å². The van der Waals surface area contributed by atoms with E-state index in [1.54, 1.807) is 6.07 Å². The van der Waals surface area contributed by atoms with E-state index in [1.165, 1.54) is 52.1 Å². The number of methoxy groups -OCH3 is 1. The highest BCUT2D eigenvalue weighted by Crippen LogP contribution is 2.57. The minimum atomic E-state index is -1.16. The Labute approximate surface area is 391 Å². The summed E-state index contributed by atoms with van der Waals surface area (Å²) in [5.74, 6) is 10.7. The van der Waals surface area contributed by atoms with Crippen LogP contribution in [0.1, 0.15) is 144 Å². The summed E-state index contributed by atoms with van der Waals surface area (Å²) in [5.41, 5.74) is 9.19. The molecule has 2 aliphatic heterocycles. The molecule has 5 aliphatic carbocycles. The molecule has 4 saturated carbocycles. The number of aryl methyl sites for hydroxylation is 1. The van der Waals surface area contributed by atoms with E-state index < -0.39 is 17.6 Å². The number of aliphatic hydroxyl groups excluding tert-OH is 2. The van der Waals surface area contributed by atoms with Crippen molar-refractivity contribution >= 4 is 22.3 Å². The molecule has 0 radical (unpaired) electrons. The second kappa shape index (κ2) is 18.8. The van der Waals surface area contributed by atoms with E-state index in [-0.39, 0.29) is 35.3 Å². The van der Waals surface area contributed by atoms with Crippen LogP contribution in [0.5, 0.6) is 11.5 Å². The summed E-state index contributed by atoms with van der Waals surface area (Å²) in [6.07, 6.45) is 18.9. The highest BCUT2D eigenvalue weighted by Gasteiger charge is 2.57. The van der Waals surface area contributed by atoms with Gasteiger partial charge in [0.25, 0.3) is 0 Å². The molecule has 2 heterocycles. The van der Waals surface area contributed by atoms with Crippen molar-refractivity contribution in [2.75, 3.05) is 13.7 Å². The lowest BCUT2D eigenvalue weighted by Gasteiger charge is -2.61. The van der Waals surface area contributed by atoms with Crippen LogP contribution in [-0.2, 0) is 16.0 Å². The number of phenolic OH excluding ortho intramolecular Hbond substituents is 1. The number of carbonyl (C=O) groups excluding carboxylic acids is 2. The van der Waals surface area contributed by atoms with Crippen molar-refractivity contribution in [1.29, 1.82) is 0 Å². The molecule has 0 amide bonds. The zero-order chi connectivity index (χ0) is 45.6. The van der Waals surface area contributed by atoms with Gasteiger partial charge in [-0.2, -0.15) is 0 Å². The summed E-state index contributed by atoms with van der Waals surface area (Å²) in [5, 5.41) is 45.2. The molecule has 11 atom stereocenters. The van der Waals surface area contributed by atoms with Gasteiger partial charge in [-0.3, -0.25) is 9.59 Å². The number of carbonyl (C=O) groups is 2. The van der Waals surface area contributed by atoms with E-state index in [4.69, 9.17) is 10.5 Å². The number of allylic oxidation sites excluding steroid dienone is 2. The Morgan fingerprint density at radius 1 is 0.909 bits per heavy atom. The first-order valence-electron chi connectivity index (χ1n) is 25.5. The number of nitrogens with one attached hydrogen (secondary N) is 2. The van der Waals surface area contributed by atoms with Gasteiger partial charge < -0.3 is 36.4 Å². The maximum absolute atomic E-state index is 14.6. The van der Waals surface area contributed by atoms with E-state index >= 15 is 0 Å². The van der Waals surface area contributed by atoms with Crippen LogP contribution in [-0.4, -0.2) is 64.3 Å². The SMILES string of the molecule is COc1cc2c(cc1O)[C@@H](CC[C@H](O)C[C@H](C1=CCNC(N)=C1)c1ccc3ccccc3c1)C#C[C@@]1(CC[C@H]([C@H]3CC[C@@H]4[C@H]5CCC(=O)C[C@@H]5NC5(CCCCC5)[C@@H]4C3)C[C@H]1O)C(=O)CC2. The summed E-state index contributed by atoms with van der Waals surface area (Å²) < 4.78 is 5.56. The number of ketones is 2. The van der Waals surface area contributed by atoms with Gasteiger partial charge in [0.1, 0.15) is 11.2 Å². The predicted octanol–water partition coefficient (Wildman–Crippen LogP) is 9.02. The first kappa shape index (κ1) is 45.2. The molecule has 66 heavy (non-hydrogen) atoms. The lowest BCUT2D eigenvalue weighted by molar-refractivity contribution is -0.136. The van der Waals surface area contributed by atoms with Gasteiger partial charge in [-0.05, 0) is 164 Å². The molecule has 9 nitrogen and oxygen atoms in total. The van der Waals surface area contributed by atoms with Gasteiger partial charge in [0.05, 0.1) is 25.1 Å². The topological polar surface area (TPSA) is 154 Å². The molecular weight excluding hydrogens is 823 g/mol. The largest absolute Gasteiger partial charge is 0.504 e. The monoisotopic (exact) mass is 894 g/mol. The second-order valence-electron chi connectivity index (χ2n) is 21.6. The number of nitrogens with two attached hydrogens (primary N) is 1. The van der Waals surface area contributed by atoms with Crippen LogP contribution < -0.4 is 21.1 Å². The van der Waals surface area contributed by atoms with Gasteiger partial charge in [-0.15, -0.1) is 0 Å². The van der Waals surface area contributed by atoms with Gasteiger partial charge in [-0.25, -0.2) is 0 Å². The third-order valence-corrected chi connectivity index (χ3v) is 18.1. The van der Waals surface area contributed by atoms with E-state index in [2.05, 4.69) is 58.9 Å². The van der Waals surface area contributed by atoms with Crippen molar-refractivity contribution in [3.63, 3.8) is 0 Å². The quantitative estimate of drug-likeness (QED) is 0.116. The summed E-state index contributed by atoms with van der Waals surface area (Å²) in [4.78, 5) is 27.3. The number of piperidine rings is 1. The van der Waals surface area contributed by atoms with E-state index in [1.807, 2.05) is 24.3 Å². The van der Waals surface area contributed by atoms with E-state index in [0.717, 1.165) is 58.7 Å². The van der Waals surface area contributed by atoms with Crippen LogP contribution in [0.25, 0.3) is 10.8 Å². The fourth-order valence-electron chi connectivity index (χ4n) is 14.6. The second-order valence-corrected chi connectivity index (χ2v) is 21.6. The number of hydrogen-bond acceptors (Lipinski definition) is 9. The molecule has 7 N–H and O–H groups in total. The number of dihydropyridines is 1. The number of Topliss-reactive ketones (excluding diaryl/α,β-unsaturated/α-hetero) is 2. The van der Waals surface area contributed by atoms with Crippen molar-refractivity contribution in [2.45, 2.75) is 158 Å². The lowest BCUT2D eigenvalue weighted by atomic mass is 9.51. The number of phenols is 1. The first-order chi connectivity index (χ1) is 32.0. The molecule has 0 unspecified atom stereocenters. The smallest absolute Gasteiger partial charge is 0.160 e. The average Bonchev–Trinajstić information content (AvgIpc) is 3.37. The maximum Gasteiger partial charge on any atom is 0.160 e. The summed E-state index contributed by atoms with van der Waals surface area (Å²) in [6, 6.07) is 18.7. The zero-order valence-electron chi connectivity index (χ0n) is 38.9. The van der Waals surface area contributed by atoms with Crippen LogP contribution in [0, 0.1) is 46.8 Å². The van der Waals surface area contributed by atoms with Crippen LogP contribution in [0.2, 0.25) is 0 Å². The third-order valence-electron chi connectivity index (χ3n) is 18.1. The van der Waals surface area contributed by atoms with Crippen LogP contribution in [0.15, 0.2) is 78.1 Å². The minimum absolute atomic E-state index is 0.000313.